The molecule has 1 fully saturated rings. The fraction of sp³-hybridized carbons (Fsp3) is 0.604. The number of phenolic OH excluding ortho intramolecular Hbond substituents is 1. The van der Waals surface area contributed by atoms with Gasteiger partial charge in [-0.2, -0.15) is 0 Å². The van der Waals surface area contributed by atoms with Crippen molar-refractivity contribution in [1.82, 2.24) is 42.1 Å². The lowest BCUT2D eigenvalue weighted by molar-refractivity contribution is -0.144. The van der Waals surface area contributed by atoms with Crippen molar-refractivity contribution in [2.45, 2.75) is 166 Å². The lowest BCUT2D eigenvalue weighted by Gasteiger charge is -2.33. The quantitative estimate of drug-likeness (QED) is 0.0328. The maximum atomic E-state index is 14.5. The van der Waals surface area contributed by atoms with Gasteiger partial charge in [0.1, 0.15) is 54.1 Å². The zero-order valence-electron chi connectivity index (χ0n) is 43.1. The van der Waals surface area contributed by atoms with Gasteiger partial charge in [-0.1, -0.05) is 46.2 Å². The molecule has 0 radical (unpaired) electrons. The van der Waals surface area contributed by atoms with E-state index in [0.29, 0.717) is 18.4 Å². The number of rotatable bonds is 33. The molecule has 1 saturated heterocycles. The highest BCUT2D eigenvalue weighted by molar-refractivity contribution is 5.99. The highest BCUT2D eigenvalue weighted by atomic mass is 16.4. The number of carboxylic acid groups (broad SMARTS) is 3. The summed E-state index contributed by atoms with van der Waals surface area (Å²) in [4.78, 5) is 170. The Kier molecular flexibility index (Phi) is 26.3. The van der Waals surface area contributed by atoms with Crippen molar-refractivity contribution < 1.29 is 82.8 Å². The van der Waals surface area contributed by atoms with E-state index in [1.54, 1.807) is 27.7 Å². The third-order valence-electron chi connectivity index (χ3n) is 12.3. The summed E-state index contributed by atoms with van der Waals surface area (Å²) in [5.74, 6) is -14.8. The van der Waals surface area contributed by atoms with Crippen LogP contribution in [-0.4, -0.2) is 163 Å². The van der Waals surface area contributed by atoms with Gasteiger partial charge in [0.25, 0.3) is 0 Å². The zero-order chi connectivity index (χ0) is 57.6. The Bertz CT molecular complexity index is 2280. The number of likely N-dealkylation sites (tertiary alicyclic amines) is 1. The van der Waals surface area contributed by atoms with Gasteiger partial charge >= 0.3 is 17.9 Å². The maximum Gasteiger partial charge on any atom is 0.326 e. The van der Waals surface area contributed by atoms with E-state index in [0.717, 1.165) is 0 Å². The number of carbonyl (C=O) groups is 13. The Labute approximate surface area is 438 Å². The fourth-order valence-electron chi connectivity index (χ4n) is 7.88. The molecule has 0 bridgehead atoms. The average molecular weight is 1080 g/mol. The van der Waals surface area contributed by atoms with E-state index in [9.17, 15) is 82.8 Å². The molecule has 0 saturated carbocycles. The molecule has 422 valence electrons. The van der Waals surface area contributed by atoms with Crippen LogP contribution in [0, 0.1) is 11.8 Å². The summed E-state index contributed by atoms with van der Waals surface area (Å²) in [6.45, 7) is 8.15. The number of carbonyl (C=O) groups excluding carboxylic acids is 10. The van der Waals surface area contributed by atoms with Gasteiger partial charge in [0.15, 0.2) is 0 Å². The van der Waals surface area contributed by atoms with Crippen LogP contribution in [0.3, 0.4) is 0 Å². The van der Waals surface area contributed by atoms with Gasteiger partial charge in [0.2, 0.25) is 59.1 Å². The Morgan fingerprint density at radius 3 is 1.59 bits per heavy atom. The highest BCUT2D eigenvalue weighted by Crippen LogP contribution is 2.23. The van der Waals surface area contributed by atoms with E-state index in [1.165, 1.54) is 36.1 Å². The van der Waals surface area contributed by atoms with Crippen molar-refractivity contribution >= 4 is 77.0 Å². The summed E-state index contributed by atoms with van der Waals surface area (Å²) in [5, 5.41) is 55.5. The summed E-state index contributed by atoms with van der Waals surface area (Å²) in [6, 6.07) is -7.89. The van der Waals surface area contributed by atoms with Gasteiger partial charge in [-0.05, 0) is 75.0 Å². The first-order valence-electron chi connectivity index (χ1n) is 24.7. The summed E-state index contributed by atoms with van der Waals surface area (Å²) in [7, 11) is 0. The summed E-state index contributed by atoms with van der Waals surface area (Å²) < 4.78 is 0. The monoisotopic (exact) mass is 1080 g/mol. The van der Waals surface area contributed by atoms with Crippen LogP contribution in [0.15, 0.2) is 24.3 Å². The minimum Gasteiger partial charge on any atom is -0.508 e. The Balaban J connectivity index is 2.49. The first-order valence-corrected chi connectivity index (χ1v) is 24.7. The number of hydrogen-bond donors (Lipinski definition) is 14. The van der Waals surface area contributed by atoms with E-state index in [2.05, 4.69) is 37.2 Å². The van der Waals surface area contributed by atoms with E-state index < -0.39 is 169 Å². The Morgan fingerprint density at radius 1 is 0.605 bits per heavy atom. The minimum atomic E-state index is -1.77. The normalized spacial score (nSPS) is 16.6. The third kappa shape index (κ3) is 21.9. The second kappa shape index (κ2) is 31.1. The van der Waals surface area contributed by atoms with Crippen molar-refractivity contribution in [3.8, 4) is 5.75 Å². The number of hydrogen-bond acceptors (Lipinski definition) is 15. The topological polar surface area (TPSA) is 468 Å². The average Bonchev–Trinajstić information content (AvgIpc) is 3.83. The molecule has 10 atom stereocenters. The molecule has 0 aromatic heterocycles. The van der Waals surface area contributed by atoms with E-state index in [-0.39, 0.29) is 50.3 Å². The van der Waals surface area contributed by atoms with Crippen LogP contribution >= 0.6 is 0 Å². The van der Waals surface area contributed by atoms with Crippen molar-refractivity contribution in [1.29, 1.82) is 0 Å². The molecule has 1 aromatic carbocycles. The smallest absolute Gasteiger partial charge is 0.326 e. The van der Waals surface area contributed by atoms with Crippen LogP contribution in [0.1, 0.15) is 111 Å². The van der Waals surface area contributed by atoms with Crippen LogP contribution in [-0.2, 0) is 68.7 Å². The first-order chi connectivity index (χ1) is 35.5. The van der Waals surface area contributed by atoms with Gasteiger partial charge < -0.3 is 79.7 Å². The summed E-state index contributed by atoms with van der Waals surface area (Å²) >= 11 is 0. The molecule has 10 amide bonds. The molecule has 28 nitrogen and oxygen atoms in total. The lowest BCUT2D eigenvalue weighted by atomic mass is 9.95. The van der Waals surface area contributed by atoms with E-state index in [4.69, 9.17) is 17.2 Å². The highest BCUT2D eigenvalue weighted by Gasteiger charge is 2.42. The predicted octanol–water partition coefficient (Wildman–Crippen LogP) is -3.29. The number of nitrogens with two attached hydrogens (primary N) is 3. The van der Waals surface area contributed by atoms with Crippen LogP contribution in [0.2, 0.25) is 0 Å². The third-order valence-corrected chi connectivity index (χ3v) is 12.3. The van der Waals surface area contributed by atoms with E-state index >= 15 is 0 Å². The number of carboxylic acids is 3. The second-order valence-corrected chi connectivity index (χ2v) is 19.1. The van der Waals surface area contributed by atoms with Crippen LogP contribution < -0.4 is 54.4 Å². The molecular formula is C48H73N11O17. The second-order valence-electron chi connectivity index (χ2n) is 19.1. The van der Waals surface area contributed by atoms with Crippen molar-refractivity contribution in [3.63, 3.8) is 0 Å². The van der Waals surface area contributed by atoms with Crippen LogP contribution in [0.4, 0.5) is 0 Å². The number of amides is 10. The molecule has 0 aliphatic carbocycles. The molecule has 0 unspecified atom stereocenters. The molecule has 28 heteroatoms. The Hall–Kier alpha value is -7.91. The van der Waals surface area contributed by atoms with E-state index in [1.807, 2.05) is 0 Å². The van der Waals surface area contributed by atoms with Gasteiger partial charge in [-0.25, -0.2) is 4.79 Å². The standard InChI is InChI=1S/C48H73N11O17/c1-6-24(4)39(47(74)59-19-7-8-34(59)46(73)53-28(13-16-35(50)61)41(68)54-30(48(75)76)14-17-36(51)62)58-45(72)31(20-23(2)3)56-43(70)32(21-26-9-11-27(60)12-10-26)57-42(69)29(15-18-37(63)64)52-44(71)33(22-38(65)66)55-40(67)25(5)49/h9-12,23-25,28-34,39,60H,6-8,13-22,49H2,1-5H3,(H2,50,61)(H2,51,62)(H,52,71)(H,53,73)(H,54,68)(H,55,67)(H,56,70)(H,57,69)(H,58,72)(H,63,64)(H,65,66)(H,75,76)/t24-,25-,28-,29-,30-,31-,32-,33-,34-,39-/m0/s1. The fourth-order valence-corrected chi connectivity index (χ4v) is 7.88. The number of primary amides is 2. The van der Waals surface area contributed by atoms with Gasteiger partial charge in [-0.15, -0.1) is 0 Å². The minimum absolute atomic E-state index is 0.0204. The molecule has 1 aliphatic rings. The van der Waals surface area contributed by atoms with Crippen LogP contribution in [0.5, 0.6) is 5.75 Å². The maximum absolute atomic E-state index is 14.5. The van der Waals surface area contributed by atoms with Crippen molar-refractivity contribution in [3.05, 3.63) is 29.8 Å². The SMILES string of the molecule is CC[C@H](C)[C@H](NC(=O)[C@H](CC(C)C)NC(=O)[C@H](Cc1ccc(O)cc1)NC(=O)[C@H](CCC(=O)O)NC(=O)[C@H](CC(=O)O)NC(=O)[C@H](C)N)C(=O)N1CCC[C@H]1C(=O)N[C@@H](CCC(N)=O)C(=O)N[C@@H](CCC(N)=O)C(=O)O. The molecule has 0 spiro atoms. The number of benzene rings is 1. The molecule has 17 N–H and O–H groups in total. The Morgan fingerprint density at radius 2 is 1.08 bits per heavy atom. The van der Waals surface area contributed by atoms with Gasteiger partial charge in [0.05, 0.1) is 12.5 Å². The number of nitrogens with zero attached hydrogens (tertiary/aromatic N) is 1. The summed E-state index contributed by atoms with van der Waals surface area (Å²) in [6.07, 6.45) is -3.44. The predicted molar refractivity (Wildman–Crippen MR) is 266 cm³/mol. The van der Waals surface area contributed by atoms with Gasteiger partial charge in [0, 0.05) is 32.2 Å². The van der Waals surface area contributed by atoms with Crippen molar-refractivity contribution in [2.75, 3.05) is 6.54 Å². The van der Waals surface area contributed by atoms with Crippen molar-refractivity contribution in [2.24, 2.45) is 29.0 Å². The first kappa shape index (κ1) is 64.2. The number of aliphatic carboxylic acids is 3. The summed E-state index contributed by atoms with van der Waals surface area (Å²) in [5.41, 5.74) is 16.4. The van der Waals surface area contributed by atoms with Crippen LogP contribution in [0.25, 0.3) is 0 Å². The number of phenols is 1. The largest absolute Gasteiger partial charge is 0.508 e. The lowest BCUT2D eigenvalue weighted by Crippen LogP contribution is -2.61. The number of nitrogens with one attached hydrogen (secondary N) is 7. The molecule has 1 heterocycles. The molecule has 2 rings (SSSR count). The zero-order valence-corrected chi connectivity index (χ0v) is 43.1. The molecule has 1 aromatic rings. The number of aromatic hydroxyl groups is 1. The molecular weight excluding hydrogens is 1000 g/mol. The molecule has 76 heavy (non-hydrogen) atoms. The van der Waals surface area contributed by atoms with Gasteiger partial charge in [-0.3, -0.25) is 57.5 Å². The molecule has 1 aliphatic heterocycles.